The molecule has 2 heterocycles. The zero-order valence-electron chi connectivity index (χ0n) is 15.5. The molecule has 0 unspecified atom stereocenters. The number of anilines is 1. The second-order valence-electron chi connectivity index (χ2n) is 7.19. The van der Waals surface area contributed by atoms with E-state index in [9.17, 15) is 9.59 Å². The second kappa shape index (κ2) is 7.28. The van der Waals surface area contributed by atoms with Crippen molar-refractivity contribution in [2.45, 2.75) is 25.4 Å². The molecule has 1 spiro atoms. The Morgan fingerprint density at radius 1 is 1.18 bits per heavy atom. The number of carbonyl (C=O) groups is 2. The molecule has 4 rings (SSSR count). The molecule has 2 N–H and O–H groups in total. The smallest absolute Gasteiger partial charge is 0.321 e. The van der Waals surface area contributed by atoms with Gasteiger partial charge in [-0.05, 0) is 30.7 Å². The Kier molecular flexibility index (Phi) is 4.81. The van der Waals surface area contributed by atoms with Crippen LogP contribution in [-0.2, 0) is 4.79 Å². The quantitative estimate of drug-likeness (QED) is 0.814. The van der Waals surface area contributed by atoms with Gasteiger partial charge in [0.05, 0.1) is 0 Å². The minimum Gasteiger partial charge on any atom is -0.326 e. The molecule has 2 aromatic carbocycles. The van der Waals surface area contributed by atoms with Gasteiger partial charge in [-0.25, -0.2) is 4.79 Å². The monoisotopic (exact) mass is 396 g/mol. The predicted octanol–water partition coefficient (Wildman–Crippen LogP) is 3.59. The molecule has 2 aromatic rings. The van der Waals surface area contributed by atoms with Crippen molar-refractivity contribution in [3.05, 3.63) is 64.7 Å². The fraction of sp³-hybridized carbons (Fsp3) is 0.286. The van der Waals surface area contributed by atoms with Gasteiger partial charge >= 0.3 is 6.03 Å². The van der Waals surface area contributed by atoms with E-state index in [1.54, 1.807) is 23.1 Å². The van der Waals surface area contributed by atoms with Gasteiger partial charge in [0.2, 0.25) is 0 Å². The maximum atomic E-state index is 12.6. The highest BCUT2D eigenvalue weighted by atomic mass is 35.5. The molecule has 2 aliphatic heterocycles. The average Bonchev–Trinajstić information content (AvgIpc) is 3.00. The van der Waals surface area contributed by atoms with E-state index in [1.807, 2.05) is 37.3 Å². The maximum absolute atomic E-state index is 12.6. The Hall–Kier alpha value is -2.86. The molecule has 1 saturated heterocycles. The third-order valence-corrected chi connectivity index (χ3v) is 5.48. The van der Waals surface area contributed by atoms with Crippen molar-refractivity contribution in [2.24, 2.45) is 4.99 Å². The highest BCUT2D eigenvalue weighted by molar-refractivity contribution is 6.47. The molecule has 2 aliphatic rings. The summed E-state index contributed by atoms with van der Waals surface area (Å²) in [4.78, 5) is 31.5. The van der Waals surface area contributed by atoms with Gasteiger partial charge in [0, 0.05) is 42.2 Å². The van der Waals surface area contributed by atoms with E-state index < -0.39 is 5.66 Å². The van der Waals surface area contributed by atoms with Crippen molar-refractivity contribution in [3.63, 3.8) is 0 Å². The molecule has 3 amide bonds. The first-order valence-corrected chi connectivity index (χ1v) is 9.63. The number of rotatable bonds is 2. The Balaban J connectivity index is 1.44. The number of hydrogen-bond acceptors (Lipinski definition) is 3. The summed E-state index contributed by atoms with van der Waals surface area (Å²) >= 11 is 6.04. The van der Waals surface area contributed by atoms with Crippen LogP contribution >= 0.6 is 11.6 Å². The summed E-state index contributed by atoms with van der Waals surface area (Å²) in [6.45, 7) is 3.00. The van der Waals surface area contributed by atoms with Crippen LogP contribution in [0.5, 0.6) is 0 Å². The van der Waals surface area contributed by atoms with Crippen LogP contribution in [0.3, 0.4) is 0 Å². The second-order valence-corrected chi connectivity index (χ2v) is 7.63. The van der Waals surface area contributed by atoms with E-state index in [-0.39, 0.29) is 11.9 Å². The SMILES string of the molecule is Cc1ccccc1NC(=O)N1CCC2(CC1)N=C(c1cccc(Cl)c1)C(=O)N2. The maximum Gasteiger partial charge on any atom is 0.321 e. The lowest BCUT2D eigenvalue weighted by Gasteiger charge is -2.37. The summed E-state index contributed by atoms with van der Waals surface area (Å²) in [5, 5.41) is 6.54. The van der Waals surface area contributed by atoms with Crippen LogP contribution in [0.15, 0.2) is 53.5 Å². The minimum atomic E-state index is -0.645. The largest absolute Gasteiger partial charge is 0.326 e. The zero-order chi connectivity index (χ0) is 19.7. The molecule has 0 bridgehead atoms. The van der Waals surface area contributed by atoms with Gasteiger partial charge in [0.15, 0.2) is 0 Å². The fourth-order valence-electron chi connectivity index (χ4n) is 3.62. The van der Waals surface area contributed by atoms with Crippen molar-refractivity contribution >= 4 is 34.9 Å². The Morgan fingerprint density at radius 2 is 1.93 bits per heavy atom. The van der Waals surface area contributed by atoms with Gasteiger partial charge in [0.1, 0.15) is 11.4 Å². The number of benzene rings is 2. The summed E-state index contributed by atoms with van der Waals surface area (Å²) in [6, 6.07) is 14.7. The van der Waals surface area contributed by atoms with Crippen LogP contribution < -0.4 is 10.6 Å². The zero-order valence-corrected chi connectivity index (χ0v) is 16.3. The predicted molar refractivity (Wildman–Crippen MR) is 110 cm³/mol. The van der Waals surface area contributed by atoms with Crippen LogP contribution in [0.1, 0.15) is 24.0 Å². The van der Waals surface area contributed by atoms with Gasteiger partial charge < -0.3 is 15.5 Å². The summed E-state index contributed by atoms with van der Waals surface area (Å²) in [7, 11) is 0. The number of nitrogens with one attached hydrogen (secondary N) is 2. The van der Waals surface area contributed by atoms with Crippen LogP contribution in [-0.4, -0.2) is 41.3 Å². The molecule has 0 aromatic heterocycles. The standard InChI is InChI=1S/C21H21ClN4O2/c1-14-5-2-3-8-17(14)23-20(28)26-11-9-21(10-12-26)24-18(19(27)25-21)15-6-4-7-16(22)13-15/h2-8,13H,9-12H2,1H3,(H,23,28)(H,25,27). The Labute approximate surface area is 168 Å². The molecule has 1 fully saturated rings. The molecule has 0 atom stereocenters. The first kappa shape index (κ1) is 18.5. The summed E-state index contributed by atoms with van der Waals surface area (Å²) in [5.41, 5.74) is 2.29. The summed E-state index contributed by atoms with van der Waals surface area (Å²) in [5.74, 6) is -0.194. The summed E-state index contributed by atoms with van der Waals surface area (Å²) in [6.07, 6.45) is 1.15. The normalized spacial score (nSPS) is 18.0. The van der Waals surface area contributed by atoms with Crippen LogP contribution in [0, 0.1) is 6.92 Å². The minimum absolute atomic E-state index is 0.132. The van der Waals surface area contributed by atoms with E-state index >= 15 is 0 Å². The molecular formula is C21H21ClN4O2. The van der Waals surface area contributed by atoms with Gasteiger partial charge in [-0.1, -0.05) is 41.9 Å². The van der Waals surface area contributed by atoms with E-state index in [1.165, 1.54) is 0 Å². The van der Waals surface area contributed by atoms with Crippen molar-refractivity contribution < 1.29 is 9.59 Å². The topological polar surface area (TPSA) is 73.8 Å². The Morgan fingerprint density at radius 3 is 2.64 bits per heavy atom. The molecule has 144 valence electrons. The van der Waals surface area contributed by atoms with Crippen LogP contribution in [0.4, 0.5) is 10.5 Å². The van der Waals surface area contributed by atoms with E-state index in [4.69, 9.17) is 16.6 Å². The lowest BCUT2D eigenvalue weighted by Crippen LogP contribution is -2.53. The number of urea groups is 1. The van der Waals surface area contributed by atoms with Crippen molar-refractivity contribution in [1.29, 1.82) is 0 Å². The number of nitrogens with zero attached hydrogens (tertiary/aromatic N) is 2. The van der Waals surface area contributed by atoms with Crippen LogP contribution in [0.25, 0.3) is 0 Å². The molecule has 28 heavy (non-hydrogen) atoms. The first-order valence-electron chi connectivity index (χ1n) is 9.26. The Bertz CT molecular complexity index is 964. The van der Waals surface area contributed by atoms with Crippen molar-refractivity contribution in [2.75, 3.05) is 18.4 Å². The number of carbonyl (C=O) groups excluding carboxylic acids is 2. The number of aryl methyl sites for hydroxylation is 1. The third kappa shape index (κ3) is 3.60. The lowest BCUT2D eigenvalue weighted by molar-refractivity contribution is -0.115. The summed E-state index contributed by atoms with van der Waals surface area (Å²) < 4.78 is 0. The molecule has 0 aliphatic carbocycles. The molecule has 7 heteroatoms. The van der Waals surface area contributed by atoms with Gasteiger partial charge in [-0.3, -0.25) is 9.79 Å². The van der Waals surface area contributed by atoms with Crippen molar-refractivity contribution in [1.82, 2.24) is 10.2 Å². The lowest BCUT2D eigenvalue weighted by atomic mass is 9.98. The number of para-hydroxylation sites is 1. The molecule has 6 nitrogen and oxygen atoms in total. The average molecular weight is 397 g/mol. The number of aliphatic imine (C=N–C) groups is 1. The highest BCUT2D eigenvalue weighted by Crippen LogP contribution is 2.29. The number of likely N-dealkylation sites (tertiary alicyclic amines) is 1. The van der Waals surface area contributed by atoms with E-state index in [0.717, 1.165) is 11.3 Å². The number of halogens is 1. The van der Waals surface area contributed by atoms with Crippen molar-refractivity contribution in [3.8, 4) is 0 Å². The van der Waals surface area contributed by atoms with E-state index in [0.29, 0.717) is 42.2 Å². The fourth-order valence-corrected chi connectivity index (χ4v) is 3.81. The van der Waals surface area contributed by atoms with Crippen LogP contribution in [0.2, 0.25) is 5.02 Å². The number of hydrogen-bond donors (Lipinski definition) is 2. The first-order chi connectivity index (χ1) is 13.5. The number of piperidine rings is 1. The molecule has 0 saturated carbocycles. The van der Waals surface area contributed by atoms with E-state index in [2.05, 4.69) is 10.6 Å². The van der Waals surface area contributed by atoms with Gasteiger partial charge in [-0.2, -0.15) is 0 Å². The highest BCUT2D eigenvalue weighted by Gasteiger charge is 2.42. The van der Waals surface area contributed by atoms with Gasteiger partial charge in [-0.15, -0.1) is 0 Å². The van der Waals surface area contributed by atoms with Gasteiger partial charge in [0.25, 0.3) is 5.91 Å². The third-order valence-electron chi connectivity index (χ3n) is 5.25. The molecular weight excluding hydrogens is 376 g/mol. The number of amides is 3. The molecule has 0 radical (unpaired) electrons.